The summed E-state index contributed by atoms with van der Waals surface area (Å²) in [5.74, 6) is -1.64. The molecular weight excluding hydrogens is 523 g/mol. The number of rotatable bonds is 2. The molecule has 0 amide bonds. The Bertz CT molecular complexity index is 1860. The number of aromatic amines is 1. The van der Waals surface area contributed by atoms with Crippen LogP contribution in [0.5, 0.6) is 0 Å². The number of hydrogen-bond acceptors (Lipinski definition) is 8. The third kappa shape index (κ3) is 5.43. The van der Waals surface area contributed by atoms with Crippen LogP contribution in [0.3, 0.4) is 0 Å². The maximum atomic E-state index is 13.0. The van der Waals surface area contributed by atoms with Gasteiger partial charge in [0.1, 0.15) is 5.52 Å². The first-order valence-electron chi connectivity index (χ1n) is 10.9. The average Bonchev–Trinajstić information content (AvgIpc) is 3.51. The van der Waals surface area contributed by atoms with Crippen molar-refractivity contribution in [1.82, 2.24) is 29.8 Å². The minimum absolute atomic E-state index is 0.0690. The predicted molar refractivity (Wildman–Crippen MR) is 135 cm³/mol. The number of non-ortho nitro benzene ring substituents is 2. The maximum absolute atomic E-state index is 13.0. The first-order chi connectivity index (χ1) is 18.5. The highest BCUT2D eigenvalue weighted by molar-refractivity contribution is 5.83. The van der Waals surface area contributed by atoms with Crippen molar-refractivity contribution in [2.45, 2.75) is 0 Å². The van der Waals surface area contributed by atoms with Crippen LogP contribution in [0.15, 0.2) is 54.6 Å². The molecule has 3 aromatic heterocycles. The molecule has 6 rings (SSSR count). The van der Waals surface area contributed by atoms with E-state index in [1.165, 1.54) is 52.8 Å². The molecule has 3 N–H and O–H groups in total. The number of nitro groups is 2. The molecule has 0 saturated carbocycles. The molecule has 0 radical (unpaired) electrons. The van der Waals surface area contributed by atoms with Gasteiger partial charge in [-0.1, -0.05) is 0 Å². The van der Waals surface area contributed by atoms with Gasteiger partial charge in [-0.15, -0.1) is 10.2 Å². The van der Waals surface area contributed by atoms with Crippen LogP contribution in [0.4, 0.5) is 30.2 Å². The van der Waals surface area contributed by atoms with Crippen LogP contribution in [-0.2, 0) is 14.1 Å². The van der Waals surface area contributed by atoms with Gasteiger partial charge < -0.3 is 5.73 Å². The van der Waals surface area contributed by atoms with Gasteiger partial charge in [0, 0.05) is 44.0 Å². The van der Waals surface area contributed by atoms with Crippen molar-refractivity contribution in [3.63, 3.8) is 0 Å². The Morgan fingerprint density at radius 3 is 1.82 bits per heavy atom. The number of hydrogen-bond donors (Lipinski definition) is 2. The van der Waals surface area contributed by atoms with E-state index in [0.717, 1.165) is 0 Å². The number of fused-ring (bicyclic) bond motifs is 3. The summed E-state index contributed by atoms with van der Waals surface area (Å²) in [5.41, 5.74) is 7.37. The molecule has 0 unspecified atom stereocenters. The van der Waals surface area contributed by atoms with Gasteiger partial charge in [0.2, 0.25) is 17.8 Å². The second-order valence-corrected chi connectivity index (χ2v) is 8.06. The second kappa shape index (κ2) is 10.4. The molecule has 39 heavy (non-hydrogen) atoms. The van der Waals surface area contributed by atoms with Gasteiger partial charge in [-0.3, -0.25) is 34.7 Å². The zero-order valence-corrected chi connectivity index (χ0v) is 20.2. The number of nitro benzene ring substituents is 2. The summed E-state index contributed by atoms with van der Waals surface area (Å²) in [7, 11) is 3.22. The molecule has 3 heterocycles. The summed E-state index contributed by atoms with van der Waals surface area (Å²) in [6.45, 7) is 0. The normalized spacial score (nSPS) is 10.7. The van der Waals surface area contributed by atoms with E-state index < -0.39 is 27.7 Å². The van der Waals surface area contributed by atoms with E-state index in [2.05, 4.69) is 20.4 Å². The predicted octanol–water partition coefficient (Wildman–Crippen LogP) is 4.53. The largest absolute Gasteiger partial charge is 0.399 e. The Kier molecular flexibility index (Phi) is 7.10. The van der Waals surface area contributed by atoms with Crippen molar-refractivity contribution >= 4 is 49.8 Å². The molecule has 0 aliphatic heterocycles. The van der Waals surface area contributed by atoms with E-state index in [-0.39, 0.29) is 27.7 Å². The molecule has 0 atom stereocenters. The summed E-state index contributed by atoms with van der Waals surface area (Å²) in [4.78, 5) is 19.7. The van der Waals surface area contributed by atoms with Crippen molar-refractivity contribution in [3.05, 3.63) is 92.7 Å². The molecule has 16 heteroatoms. The Balaban J connectivity index is 0.000000136. The second-order valence-electron chi connectivity index (χ2n) is 8.06. The minimum atomic E-state index is -0.614. The summed E-state index contributed by atoms with van der Waals surface area (Å²) in [6.07, 6.45) is 0. The van der Waals surface area contributed by atoms with E-state index in [0.29, 0.717) is 22.1 Å². The molecule has 0 spiro atoms. The standard InChI is InChI=1S/C8H6FN3O2.C8H8FN3.C7H4FN3O2/c1-11-7-4-5(12(13)14)2-3-6(7)8(9)10-11;1-12-7-4-5(10)2-3-6(7)8(9)11-12;8-7-5-2-1-4(11(12)13)3-6(5)9-10-7/h2-4H,1H3;2-4H,10H2,1H3;1-3H,(H,9,10). The van der Waals surface area contributed by atoms with Crippen molar-refractivity contribution < 1.29 is 23.0 Å². The number of aromatic nitrogens is 6. The van der Waals surface area contributed by atoms with Crippen molar-refractivity contribution in [2.75, 3.05) is 5.73 Å². The fraction of sp³-hybridized carbons (Fsp3) is 0.0870. The van der Waals surface area contributed by atoms with E-state index in [9.17, 15) is 33.4 Å². The molecule has 0 bridgehead atoms. The van der Waals surface area contributed by atoms with E-state index in [1.807, 2.05) is 0 Å². The molecule has 0 aliphatic rings. The highest BCUT2D eigenvalue weighted by atomic mass is 19.1. The minimum Gasteiger partial charge on any atom is -0.399 e. The van der Waals surface area contributed by atoms with Gasteiger partial charge in [0.25, 0.3) is 11.4 Å². The highest BCUT2D eigenvalue weighted by Gasteiger charge is 2.13. The van der Waals surface area contributed by atoms with Crippen LogP contribution >= 0.6 is 0 Å². The van der Waals surface area contributed by atoms with Gasteiger partial charge in [0.05, 0.1) is 37.0 Å². The smallest absolute Gasteiger partial charge is 0.271 e. The van der Waals surface area contributed by atoms with Crippen LogP contribution < -0.4 is 5.73 Å². The fourth-order valence-electron chi connectivity index (χ4n) is 3.63. The van der Waals surface area contributed by atoms with Crippen LogP contribution in [0.2, 0.25) is 0 Å². The summed E-state index contributed by atoms with van der Waals surface area (Å²) in [5, 5.41) is 34.6. The van der Waals surface area contributed by atoms with Gasteiger partial charge in [0.15, 0.2) is 0 Å². The van der Waals surface area contributed by atoms with Gasteiger partial charge in [-0.05, 0) is 30.3 Å². The highest BCUT2D eigenvalue weighted by Crippen LogP contribution is 2.23. The number of nitrogen functional groups attached to an aromatic ring is 1. The van der Waals surface area contributed by atoms with Gasteiger partial charge >= 0.3 is 0 Å². The van der Waals surface area contributed by atoms with Crippen molar-refractivity contribution in [3.8, 4) is 0 Å². The fourth-order valence-corrected chi connectivity index (χ4v) is 3.63. The van der Waals surface area contributed by atoms with E-state index in [1.54, 1.807) is 25.2 Å². The first kappa shape index (κ1) is 26.5. The maximum Gasteiger partial charge on any atom is 0.271 e. The van der Waals surface area contributed by atoms with Crippen molar-refractivity contribution in [1.29, 1.82) is 0 Å². The number of nitrogens with two attached hydrogens (primary N) is 1. The SMILES string of the molecule is Cn1nc(F)c2ccc(N)cc21.Cn1nc(F)c2ccc([N+](=O)[O-])cc21.O=[N+]([O-])c1ccc2c(F)[nH]nc2c1. The van der Waals surface area contributed by atoms with E-state index in [4.69, 9.17) is 5.73 Å². The molecule has 13 nitrogen and oxygen atoms in total. The van der Waals surface area contributed by atoms with Crippen molar-refractivity contribution in [2.24, 2.45) is 14.1 Å². The monoisotopic (exact) mass is 541 g/mol. The summed E-state index contributed by atoms with van der Waals surface area (Å²) >= 11 is 0. The lowest BCUT2D eigenvalue weighted by Crippen LogP contribution is -1.91. The van der Waals surface area contributed by atoms with Crippen LogP contribution in [0.25, 0.3) is 32.7 Å². The molecule has 200 valence electrons. The summed E-state index contributed by atoms with van der Waals surface area (Å²) < 4.78 is 41.5. The topological polar surface area (TPSA) is 177 Å². The Labute approximate surface area is 215 Å². The molecule has 0 fully saturated rings. The quantitative estimate of drug-likeness (QED) is 0.182. The zero-order chi connectivity index (χ0) is 28.4. The number of aryl methyl sites for hydroxylation is 2. The Morgan fingerprint density at radius 1 is 0.769 bits per heavy atom. The van der Waals surface area contributed by atoms with Crippen LogP contribution in [0.1, 0.15) is 0 Å². The number of nitrogens with zero attached hydrogens (tertiary/aromatic N) is 7. The molecule has 3 aromatic carbocycles. The molecule has 0 saturated heterocycles. The molecule has 0 aliphatic carbocycles. The number of benzene rings is 3. The third-order valence-corrected chi connectivity index (χ3v) is 5.53. The third-order valence-electron chi connectivity index (χ3n) is 5.53. The van der Waals surface area contributed by atoms with Crippen LogP contribution in [-0.4, -0.2) is 39.6 Å². The number of anilines is 1. The Hall–Kier alpha value is -5.54. The molecule has 6 aromatic rings. The number of H-pyrrole nitrogens is 1. The average molecular weight is 541 g/mol. The zero-order valence-electron chi connectivity index (χ0n) is 20.2. The Morgan fingerprint density at radius 2 is 1.26 bits per heavy atom. The lowest BCUT2D eigenvalue weighted by Gasteiger charge is -1.94. The number of halogens is 3. The van der Waals surface area contributed by atoms with Gasteiger partial charge in [-0.25, -0.2) is 0 Å². The van der Waals surface area contributed by atoms with Crippen LogP contribution in [0, 0.1) is 38.1 Å². The summed E-state index contributed by atoms with van der Waals surface area (Å²) in [6, 6.07) is 12.7. The van der Waals surface area contributed by atoms with E-state index >= 15 is 0 Å². The lowest BCUT2D eigenvalue weighted by atomic mass is 10.2. The number of nitrogens with one attached hydrogen (secondary N) is 1. The lowest BCUT2D eigenvalue weighted by molar-refractivity contribution is -0.384. The van der Waals surface area contributed by atoms with Gasteiger partial charge in [-0.2, -0.15) is 18.3 Å². The first-order valence-corrected chi connectivity index (χ1v) is 10.9. The molecular formula is C23H18F3N9O4.